The van der Waals surface area contributed by atoms with Crippen LogP contribution >= 0.6 is 0 Å². The second kappa shape index (κ2) is 8.46. The van der Waals surface area contributed by atoms with Crippen molar-refractivity contribution in [2.45, 2.75) is 24.9 Å². The Labute approximate surface area is 140 Å². The van der Waals surface area contributed by atoms with Crippen LogP contribution in [0.1, 0.15) is 12.5 Å². The van der Waals surface area contributed by atoms with E-state index in [0.717, 1.165) is 12.5 Å². The molecule has 0 spiro atoms. The number of halogens is 3. The summed E-state index contributed by atoms with van der Waals surface area (Å²) in [5.41, 5.74) is 0.719. The average Bonchev–Trinajstić information content (AvgIpc) is 2.45. The highest BCUT2D eigenvalue weighted by molar-refractivity contribution is 7.90. The number of alkyl halides is 3. The van der Waals surface area contributed by atoms with Gasteiger partial charge in [0.25, 0.3) is 10.0 Å². The van der Waals surface area contributed by atoms with Crippen LogP contribution in [0, 0.1) is 12.8 Å². The lowest BCUT2D eigenvalue weighted by Crippen LogP contribution is -2.37. The van der Waals surface area contributed by atoms with Crippen LogP contribution in [0.3, 0.4) is 0 Å². The van der Waals surface area contributed by atoms with E-state index in [4.69, 9.17) is 15.0 Å². The summed E-state index contributed by atoms with van der Waals surface area (Å²) in [5, 5.41) is 15.7. The molecule has 1 amide bonds. The molecule has 1 aromatic rings. The van der Waals surface area contributed by atoms with Gasteiger partial charge in [0.1, 0.15) is 5.92 Å². The average molecular weight is 385 g/mol. The molecule has 140 valence electrons. The fourth-order valence-corrected chi connectivity index (χ4v) is 2.33. The minimum absolute atomic E-state index is 0.0755. The Morgan fingerprint density at radius 2 is 1.64 bits per heavy atom. The Morgan fingerprint density at radius 3 is 2.00 bits per heavy atom. The smallest absolute Gasteiger partial charge is 0.481 e. The molecule has 25 heavy (non-hydrogen) atoms. The van der Waals surface area contributed by atoms with Crippen LogP contribution in [0.25, 0.3) is 0 Å². The Balaban J connectivity index is 0.000000697. The van der Waals surface area contributed by atoms with E-state index in [1.807, 2.05) is 0 Å². The van der Waals surface area contributed by atoms with E-state index < -0.39 is 40.0 Å². The Bertz CT molecular complexity index is 759. The van der Waals surface area contributed by atoms with E-state index in [1.54, 1.807) is 17.7 Å². The van der Waals surface area contributed by atoms with Gasteiger partial charge in [-0.1, -0.05) is 12.1 Å². The van der Waals surface area contributed by atoms with Gasteiger partial charge in [0.2, 0.25) is 5.91 Å². The van der Waals surface area contributed by atoms with Crippen molar-refractivity contribution in [2.75, 3.05) is 0 Å². The van der Waals surface area contributed by atoms with E-state index >= 15 is 0 Å². The molecule has 0 aliphatic rings. The monoisotopic (exact) mass is 385 g/mol. The van der Waals surface area contributed by atoms with Gasteiger partial charge in [-0.05, 0) is 31.5 Å². The summed E-state index contributed by atoms with van der Waals surface area (Å²) in [6.45, 7) is 2.82. The summed E-state index contributed by atoms with van der Waals surface area (Å²) >= 11 is 0. The predicted molar refractivity (Wildman–Crippen MR) is 77.0 cm³/mol. The number of hydrogen-bond acceptors (Lipinski definition) is 5. The molecule has 0 heterocycles. The number of rotatable bonds is 4. The number of sulfonamides is 1. The number of carbonyl (C=O) groups is 3. The van der Waals surface area contributed by atoms with Crippen LogP contribution in [0.5, 0.6) is 0 Å². The molecule has 0 saturated carbocycles. The van der Waals surface area contributed by atoms with Gasteiger partial charge in [0.15, 0.2) is 0 Å². The SMILES string of the molecule is Cc1cccc(S(=O)(=O)NC(=O)C(C)C(=O)O)c1.O=C(O)C(F)(F)F. The topological polar surface area (TPSA) is 138 Å². The van der Waals surface area contributed by atoms with Gasteiger partial charge >= 0.3 is 18.1 Å². The molecule has 0 radical (unpaired) electrons. The lowest BCUT2D eigenvalue weighted by atomic mass is 10.2. The van der Waals surface area contributed by atoms with E-state index in [2.05, 4.69) is 0 Å². The molecule has 12 heteroatoms. The van der Waals surface area contributed by atoms with Crippen LogP contribution in [0.15, 0.2) is 29.2 Å². The second-order valence-corrected chi connectivity index (χ2v) is 6.33. The van der Waals surface area contributed by atoms with Crippen LogP contribution in [0.2, 0.25) is 0 Å². The van der Waals surface area contributed by atoms with E-state index in [-0.39, 0.29) is 4.90 Å². The summed E-state index contributed by atoms with van der Waals surface area (Å²) in [7, 11) is -4.02. The largest absolute Gasteiger partial charge is 0.490 e. The van der Waals surface area contributed by atoms with Gasteiger partial charge in [-0.2, -0.15) is 13.2 Å². The summed E-state index contributed by atoms with van der Waals surface area (Å²) < 4.78 is 57.1. The summed E-state index contributed by atoms with van der Waals surface area (Å²) in [4.78, 5) is 30.8. The number of aliphatic carboxylic acids is 2. The van der Waals surface area contributed by atoms with Gasteiger partial charge < -0.3 is 10.2 Å². The fourth-order valence-electron chi connectivity index (χ4n) is 1.17. The Hall–Kier alpha value is -2.63. The number of nitrogens with one attached hydrogen (secondary N) is 1. The van der Waals surface area contributed by atoms with Crippen molar-refractivity contribution in [1.29, 1.82) is 0 Å². The second-order valence-electron chi connectivity index (χ2n) is 4.65. The molecular weight excluding hydrogens is 371 g/mol. The molecule has 0 saturated heterocycles. The third-order valence-corrected chi connectivity index (χ3v) is 3.89. The van der Waals surface area contributed by atoms with Crippen LogP contribution < -0.4 is 4.72 Å². The van der Waals surface area contributed by atoms with E-state index in [9.17, 15) is 31.2 Å². The molecule has 0 aliphatic heterocycles. The third-order valence-electron chi connectivity index (χ3n) is 2.54. The highest BCUT2D eigenvalue weighted by Gasteiger charge is 2.38. The number of carboxylic acid groups (broad SMARTS) is 2. The first kappa shape index (κ1) is 22.4. The molecule has 0 bridgehead atoms. The maximum Gasteiger partial charge on any atom is 0.490 e. The maximum absolute atomic E-state index is 11.8. The van der Waals surface area contributed by atoms with Crippen molar-refractivity contribution in [1.82, 2.24) is 4.72 Å². The molecule has 0 fully saturated rings. The standard InChI is InChI=1S/C11H13NO5S.C2HF3O2/c1-7-4-3-5-9(6-7)18(16,17)12-10(13)8(2)11(14)15;3-2(4,5)1(6)7/h3-6,8H,1-2H3,(H,12,13)(H,14,15);(H,6,7). The molecule has 1 atom stereocenters. The van der Waals surface area contributed by atoms with Crippen molar-refractivity contribution in [3.8, 4) is 0 Å². The predicted octanol–water partition coefficient (Wildman–Crippen LogP) is 1.15. The molecule has 1 rings (SSSR count). The van der Waals surface area contributed by atoms with Crippen molar-refractivity contribution in [2.24, 2.45) is 5.92 Å². The first-order valence-corrected chi connectivity index (χ1v) is 7.83. The minimum Gasteiger partial charge on any atom is -0.481 e. The van der Waals surface area contributed by atoms with Gasteiger partial charge in [-0.3, -0.25) is 9.59 Å². The number of carbonyl (C=O) groups excluding carboxylic acids is 1. The Kier molecular flexibility index (Phi) is 7.57. The van der Waals surface area contributed by atoms with Gasteiger partial charge in [0, 0.05) is 0 Å². The summed E-state index contributed by atoms with van der Waals surface area (Å²) in [6.07, 6.45) is -5.08. The first-order valence-electron chi connectivity index (χ1n) is 6.34. The zero-order valence-corrected chi connectivity index (χ0v) is 13.7. The zero-order chi connectivity index (χ0) is 20.0. The molecule has 0 aliphatic carbocycles. The number of aryl methyl sites for hydroxylation is 1. The van der Waals surface area contributed by atoms with Gasteiger partial charge in [-0.25, -0.2) is 17.9 Å². The lowest BCUT2D eigenvalue weighted by molar-refractivity contribution is -0.192. The molecule has 0 aromatic heterocycles. The van der Waals surface area contributed by atoms with Crippen molar-refractivity contribution in [3.05, 3.63) is 29.8 Å². The number of amides is 1. The third kappa shape index (κ3) is 7.65. The first-order chi connectivity index (χ1) is 11.2. The quantitative estimate of drug-likeness (QED) is 0.661. The van der Waals surface area contributed by atoms with Crippen molar-refractivity contribution < 1.29 is 46.2 Å². The fraction of sp³-hybridized carbons (Fsp3) is 0.308. The summed E-state index contributed by atoms with van der Waals surface area (Å²) in [5.74, 6) is -6.63. The Morgan fingerprint density at radius 1 is 1.16 bits per heavy atom. The number of carboxylic acids is 2. The van der Waals surface area contributed by atoms with E-state index in [0.29, 0.717) is 0 Å². The molecular formula is C13H14F3NO7S. The highest BCUT2D eigenvalue weighted by atomic mass is 32.2. The molecule has 8 nitrogen and oxygen atoms in total. The van der Waals surface area contributed by atoms with Crippen LogP contribution in [-0.2, 0) is 24.4 Å². The normalized spacial score (nSPS) is 12.4. The number of benzene rings is 1. The molecule has 1 aromatic carbocycles. The molecule has 3 N–H and O–H groups in total. The maximum atomic E-state index is 11.8. The van der Waals surface area contributed by atoms with Crippen LogP contribution in [0.4, 0.5) is 13.2 Å². The summed E-state index contributed by atoms with van der Waals surface area (Å²) in [6, 6.07) is 5.96. The lowest BCUT2D eigenvalue weighted by Gasteiger charge is -2.09. The molecule has 1 unspecified atom stereocenters. The van der Waals surface area contributed by atoms with Crippen LogP contribution in [-0.4, -0.2) is 42.7 Å². The van der Waals surface area contributed by atoms with Crippen molar-refractivity contribution in [3.63, 3.8) is 0 Å². The minimum atomic E-state index is -5.08. The highest BCUT2D eigenvalue weighted by Crippen LogP contribution is 2.13. The number of hydrogen-bond donors (Lipinski definition) is 3. The van der Waals surface area contributed by atoms with Crippen molar-refractivity contribution >= 4 is 27.9 Å². The van der Waals surface area contributed by atoms with Gasteiger partial charge in [0.05, 0.1) is 4.90 Å². The zero-order valence-electron chi connectivity index (χ0n) is 12.9. The van der Waals surface area contributed by atoms with Gasteiger partial charge in [-0.15, -0.1) is 0 Å². The van der Waals surface area contributed by atoms with E-state index in [1.165, 1.54) is 18.2 Å².